The van der Waals surface area contributed by atoms with Crippen LogP contribution in [-0.4, -0.2) is 38.1 Å². The summed E-state index contributed by atoms with van der Waals surface area (Å²) in [6.45, 7) is 4.86. The lowest BCUT2D eigenvalue weighted by molar-refractivity contribution is 0.0940. The van der Waals surface area contributed by atoms with Crippen molar-refractivity contribution < 1.29 is 9.18 Å². The molecule has 7 nitrogen and oxygen atoms in total. The number of amides is 1. The number of aromatic nitrogens is 4. The normalized spacial score (nSPS) is 21.9. The van der Waals surface area contributed by atoms with E-state index in [9.17, 15) is 9.18 Å². The van der Waals surface area contributed by atoms with Gasteiger partial charge in [0.1, 0.15) is 17.2 Å². The molecule has 150 valence electrons. The van der Waals surface area contributed by atoms with E-state index in [1.807, 2.05) is 13.1 Å². The molecule has 5 rings (SSSR count). The van der Waals surface area contributed by atoms with Crippen LogP contribution in [0.5, 0.6) is 0 Å². The molecule has 2 aliphatic heterocycles. The minimum Gasteiger partial charge on any atom is -0.349 e. The molecule has 0 aliphatic carbocycles. The summed E-state index contributed by atoms with van der Waals surface area (Å²) in [6, 6.07) is 1.46. The van der Waals surface area contributed by atoms with Crippen molar-refractivity contribution in [3.8, 4) is 0 Å². The van der Waals surface area contributed by atoms with E-state index in [1.54, 1.807) is 16.8 Å². The highest BCUT2D eigenvalue weighted by molar-refractivity contribution is 6.00. The van der Waals surface area contributed by atoms with Gasteiger partial charge in [-0.05, 0) is 51.2 Å². The lowest BCUT2D eigenvalue weighted by atomic mass is 9.98. The number of carbonyl (C=O) groups excluding carboxylic acids is 1. The van der Waals surface area contributed by atoms with E-state index in [-0.39, 0.29) is 23.8 Å². The van der Waals surface area contributed by atoms with Crippen molar-refractivity contribution in [3.05, 3.63) is 52.9 Å². The summed E-state index contributed by atoms with van der Waals surface area (Å²) in [6.07, 6.45) is 8.07. The maximum absolute atomic E-state index is 14.1. The van der Waals surface area contributed by atoms with Gasteiger partial charge in [0.25, 0.3) is 5.91 Å². The van der Waals surface area contributed by atoms with Crippen LogP contribution in [0.1, 0.15) is 59.9 Å². The van der Waals surface area contributed by atoms with Gasteiger partial charge in [-0.2, -0.15) is 5.10 Å². The zero-order chi connectivity index (χ0) is 20.1. The number of halogens is 1. The third-order valence-corrected chi connectivity index (χ3v) is 5.99. The second kappa shape index (κ2) is 6.79. The largest absolute Gasteiger partial charge is 0.349 e. The van der Waals surface area contributed by atoms with Crippen molar-refractivity contribution in [2.75, 3.05) is 11.4 Å². The molecular formula is C21H23FN6O. The second-order valence-corrected chi connectivity index (χ2v) is 7.99. The molecule has 0 spiro atoms. The van der Waals surface area contributed by atoms with Gasteiger partial charge < -0.3 is 10.2 Å². The Morgan fingerprint density at radius 3 is 2.97 bits per heavy atom. The molecule has 2 bridgehead atoms. The molecule has 1 amide bonds. The fraction of sp³-hybridized carbons (Fsp3) is 0.429. The summed E-state index contributed by atoms with van der Waals surface area (Å²) < 4.78 is 15.8. The fourth-order valence-electron chi connectivity index (χ4n) is 4.40. The maximum atomic E-state index is 14.1. The summed E-state index contributed by atoms with van der Waals surface area (Å²) >= 11 is 0. The Morgan fingerprint density at radius 2 is 2.10 bits per heavy atom. The van der Waals surface area contributed by atoms with Crippen LogP contribution in [0.15, 0.2) is 24.7 Å². The van der Waals surface area contributed by atoms with E-state index in [0.29, 0.717) is 24.1 Å². The minimum absolute atomic E-state index is 0.0567. The maximum Gasteiger partial charge on any atom is 0.256 e. The minimum atomic E-state index is -0.333. The number of nitrogens with zero attached hydrogens (tertiary/aromatic N) is 5. The molecule has 2 aliphatic rings. The summed E-state index contributed by atoms with van der Waals surface area (Å²) in [5.41, 5.74) is 3.85. The number of nitrogens with one attached hydrogen (secondary N) is 1. The van der Waals surface area contributed by atoms with Gasteiger partial charge >= 0.3 is 0 Å². The first-order valence-corrected chi connectivity index (χ1v) is 10.1. The number of fused-ring (bicyclic) bond motifs is 1. The predicted molar refractivity (Wildman–Crippen MR) is 107 cm³/mol. The van der Waals surface area contributed by atoms with Crippen LogP contribution < -0.4 is 10.2 Å². The van der Waals surface area contributed by atoms with Gasteiger partial charge in [0.05, 0.1) is 18.4 Å². The average molecular weight is 394 g/mol. The first kappa shape index (κ1) is 18.0. The van der Waals surface area contributed by atoms with Crippen LogP contribution in [0.4, 0.5) is 10.2 Å². The Hall–Kier alpha value is -3.03. The average Bonchev–Trinajstić information content (AvgIpc) is 3.12. The molecule has 5 heterocycles. The number of carbonyl (C=O) groups is 1. The third kappa shape index (κ3) is 3.03. The van der Waals surface area contributed by atoms with Crippen molar-refractivity contribution in [2.45, 2.75) is 51.6 Å². The second-order valence-electron chi connectivity index (χ2n) is 7.99. The lowest BCUT2D eigenvalue weighted by Gasteiger charge is -2.36. The number of pyridine rings is 1. The van der Waals surface area contributed by atoms with Crippen LogP contribution in [0, 0.1) is 5.82 Å². The monoisotopic (exact) mass is 394 g/mol. The van der Waals surface area contributed by atoms with Crippen molar-refractivity contribution in [1.29, 1.82) is 0 Å². The molecule has 0 radical (unpaired) electrons. The van der Waals surface area contributed by atoms with Crippen molar-refractivity contribution in [2.24, 2.45) is 0 Å². The van der Waals surface area contributed by atoms with Gasteiger partial charge in [0, 0.05) is 30.0 Å². The summed E-state index contributed by atoms with van der Waals surface area (Å²) in [5.74, 6) is 0.329. The molecule has 0 unspecified atom stereocenters. The van der Waals surface area contributed by atoms with Crippen molar-refractivity contribution in [3.63, 3.8) is 0 Å². The Morgan fingerprint density at radius 1 is 1.24 bits per heavy atom. The molecule has 3 aromatic rings. The van der Waals surface area contributed by atoms with E-state index in [4.69, 9.17) is 4.98 Å². The zero-order valence-corrected chi connectivity index (χ0v) is 16.5. The molecule has 0 saturated carbocycles. The molecule has 8 heteroatoms. The zero-order valence-electron chi connectivity index (χ0n) is 16.5. The molecule has 29 heavy (non-hydrogen) atoms. The van der Waals surface area contributed by atoms with Crippen molar-refractivity contribution in [1.82, 2.24) is 24.9 Å². The van der Waals surface area contributed by atoms with Gasteiger partial charge in [-0.3, -0.25) is 9.78 Å². The fourth-order valence-corrected chi connectivity index (χ4v) is 4.40. The van der Waals surface area contributed by atoms with E-state index < -0.39 is 0 Å². The molecule has 0 aromatic carbocycles. The topological polar surface area (TPSA) is 75.4 Å². The highest BCUT2D eigenvalue weighted by Crippen LogP contribution is 2.34. The number of hydrogen-bond donors (Lipinski definition) is 1. The smallest absolute Gasteiger partial charge is 0.256 e. The van der Waals surface area contributed by atoms with E-state index in [0.717, 1.165) is 42.0 Å². The van der Waals surface area contributed by atoms with Crippen LogP contribution in [0.25, 0.3) is 5.65 Å². The van der Waals surface area contributed by atoms with Crippen LogP contribution in [0.3, 0.4) is 0 Å². The highest BCUT2D eigenvalue weighted by atomic mass is 19.1. The number of hydrogen-bond acceptors (Lipinski definition) is 5. The molecule has 0 saturated heterocycles. The number of aryl methyl sites for hydroxylation is 2. The SMILES string of the molecule is C[C@@H]1CCc2ncc(F)cc2[C@@H](C)N2CCCc3cn4ncc(c4nc32)C(=O)N1. The summed E-state index contributed by atoms with van der Waals surface area (Å²) in [4.78, 5) is 24.3. The molecule has 2 atom stereocenters. The molecule has 0 fully saturated rings. The van der Waals surface area contributed by atoms with Gasteiger partial charge in [-0.1, -0.05) is 0 Å². The standard InChI is InChI=1S/C21H23FN6O/c1-12-5-6-18-16(8-15(22)9-23-18)13(2)27-7-3-4-14-11-28-20(26-19(14)27)17(10-24-28)21(29)25-12/h8-13H,3-7H2,1-2H3,(H,25,29)/t12-,13-/m1/s1. The van der Waals surface area contributed by atoms with E-state index in [1.165, 1.54) is 6.20 Å². The first-order valence-electron chi connectivity index (χ1n) is 10.1. The van der Waals surface area contributed by atoms with Gasteiger partial charge in [0.2, 0.25) is 0 Å². The highest BCUT2D eigenvalue weighted by Gasteiger charge is 2.29. The Labute approximate surface area is 168 Å². The Kier molecular flexibility index (Phi) is 4.22. The first-order chi connectivity index (χ1) is 14.0. The number of anilines is 1. The third-order valence-electron chi connectivity index (χ3n) is 5.99. The predicted octanol–water partition coefficient (Wildman–Crippen LogP) is 2.84. The lowest BCUT2D eigenvalue weighted by Crippen LogP contribution is -2.34. The number of rotatable bonds is 0. The van der Waals surface area contributed by atoms with Crippen molar-refractivity contribution >= 4 is 17.4 Å². The molecular weight excluding hydrogens is 371 g/mol. The molecule has 1 N–H and O–H groups in total. The van der Waals surface area contributed by atoms with Crippen LogP contribution in [-0.2, 0) is 12.8 Å². The Balaban J connectivity index is 1.72. The van der Waals surface area contributed by atoms with Gasteiger partial charge in [-0.25, -0.2) is 13.9 Å². The van der Waals surface area contributed by atoms with Crippen LogP contribution in [0.2, 0.25) is 0 Å². The quantitative estimate of drug-likeness (QED) is 0.635. The van der Waals surface area contributed by atoms with E-state index in [2.05, 4.69) is 27.2 Å². The molecule has 3 aromatic heterocycles. The summed E-state index contributed by atoms with van der Waals surface area (Å²) in [5, 5.41) is 7.38. The van der Waals surface area contributed by atoms with Gasteiger partial charge in [0.15, 0.2) is 5.65 Å². The van der Waals surface area contributed by atoms with Gasteiger partial charge in [-0.15, -0.1) is 0 Å². The Bertz CT molecular complexity index is 1110. The van der Waals surface area contributed by atoms with E-state index >= 15 is 0 Å². The van der Waals surface area contributed by atoms with Crippen LogP contribution >= 0.6 is 0 Å². The summed E-state index contributed by atoms with van der Waals surface area (Å²) in [7, 11) is 0.